The largest absolute Gasteiger partial charge is 0.465 e. The predicted molar refractivity (Wildman–Crippen MR) is 65.1 cm³/mol. The number of hydrogen-bond donors (Lipinski definition) is 1. The highest BCUT2D eigenvalue weighted by atomic mass is 16.3. The van der Waals surface area contributed by atoms with E-state index in [1.54, 1.807) is 0 Å². The zero-order chi connectivity index (χ0) is 11.5. The van der Waals surface area contributed by atoms with Crippen LogP contribution >= 0.6 is 0 Å². The minimum Gasteiger partial charge on any atom is -0.465 e. The third kappa shape index (κ3) is 2.47. The van der Waals surface area contributed by atoms with Crippen molar-refractivity contribution in [3.63, 3.8) is 0 Å². The van der Waals surface area contributed by atoms with Crippen molar-refractivity contribution in [2.24, 2.45) is 5.73 Å². The van der Waals surface area contributed by atoms with Crippen LogP contribution in [0, 0.1) is 6.92 Å². The van der Waals surface area contributed by atoms with E-state index in [4.69, 9.17) is 10.2 Å². The van der Waals surface area contributed by atoms with Crippen molar-refractivity contribution in [3.8, 4) is 0 Å². The molecule has 0 aliphatic heterocycles. The van der Waals surface area contributed by atoms with E-state index in [0.29, 0.717) is 6.54 Å². The summed E-state index contributed by atoms with van der Waals surface area (Å²) in [5.74, 6) is 1.91. The summed E-state index contributed by atoms with van der Waals surface area (Å²) in [6.45, 7) is 3.50. The molecule has 0 atom stereocenters. The molecule has 0 radical (unpaired) electrons. The van der Waals surface area contributed by atoms with Gasteiger partial charge in [-0.15, -0.1) is 0 Å². The Morgan fingerprint density at radius 1 is 1.44 bits per heavy atom. The van der Waals surface area contributed by atoms with E-state index >= 15 is 0 Å². The summed E-state index contributed by atoms with van der Waals surface area (Å²) in [6.07, 6.45) is 5.45. The fourth-order valence-electron chi connectivity index (χ4n) is 2.59. The number of nitrogens with zero attached hydrogens (tertiary/aromatic N) is 1. The molecule has 3 nitrogen and oxygen atoms in total. The standard InChI is InChI=1S/C13H22N2O/c1-10-11(7-13(8-14)16-10)9-15(2)12-5-3-4-6-12/h7,12H,3-6,8-9,14H2,1-2H3. The maximum absolute atomic E-state index is 5.58. The highest BCUT2D eigenvalue weighted by molar-refractivity contribution is 5.20. The summed E-state index contributed by atoms with van der Waals surface area (Å²) < 4.78 is 5.58. The van der Waals surface area contributed by atoms with Gasteiger partial charge in [0.15, 0.2) is 0 Å². The Balaban J connectivity index is 1.99. The van der Waals surface area contributed by atoms with Crippen LogP contribution < -0.4 is 5.73 Å². The normalized spacial score (nSPS) is 17.5. The molecule has 16 heavy (non-hydrogen) atoms. The molecule has 2 rings (SSSR count). The van der Waals surface area contributed by atoms with Crippen LogP contribution in [0.25, 0.3) is 0 Å². The number of hydrogen-bond acceptors (Lipinski definition) is 3. The monoisotopic (exact) mass is 222 g/mol. The molecule has 90 valence electrons. The summed E-state index contributed by atoms with van der Waals surface area (Å²) in [5.41, 5.74) is 6.86. The lowest BCUT2D eigenvalue weighted by molar-refractivity contribution is 0.236. The quantitative estimate of drug-likeness (QED) is 0.850. The van der Waals surface area contributed by atoms with Crippen LogP contribution in [0.2, 0.25) is 0 Å². The van der Waals surface area contributed by atoms with E-state index < -0.39 is 0 Å². The van der Waals surface area contributed by atoms with Crippen molar-refractivity contribution in [3.05, 3.63) is 23.2 Å². The van der Waals surface area contributed by atoms with Crippen LogP contribution in [0.5, 0.6) is 0 Å². The molecule has 1 fully saturated rings. The first-order valence-electron chi connectivity index (χ1n) is 6.19. The molecule has 0 saturated heterocycles. The summed E-state index contributed by atoms with van der Waals surface area (Å²) in [4.78, 5) is 2.45. The van der Waals surface area contributed by atoms with E-state index in [9.17, 15) is 0 Å². The SMILES string of the molecule is Cc1oc(CN)cc1CN(C)C1CCCC1. The summed E-state index contributed by atoms with van der Waals surface area (Å²) in [5, 5.41) is 0. The molecule has 1 aliphatic rings. The lowest BCUT2D eigenvalue weighted by Crippen LogP contribution is -2.28. The Morgan fingerprint density at radius 2 is 2.12 bits per heavy atom. The number of nitrogens with two attached hydrogens (primary N) is 1. The summed E-state index contributed by atoms with van der Waals surface area (Å²) >= 11 is 0. The van der Waals surface area contributed by atoms with Crippen molar-refractivity contribution in [1.82, 2.24) is 4.90 Å². The number of rotatable bonds is 4. The molecule has 0 aromatic carbocycles. The van der Waals surface area contributed by atoms with Crippen molar-refractivity contribution in [2.75, 3.05) is 7.05 Å². The maximum atomic E-state index is 5.58. The smallest absolute Gasteiger partial charge is 0.118 e. The Hall–Kier alpha value is -0.800. The van der Waals surface area contributed by atoms with E-state index in [2.05, 4.69) is 18.0 Å². The van der Waals surface area contributed by atoms with E-state index in [1.807, 2.05) is 6.92 Å². The molecule has 0 amide bonds. The van der Waals surface area contributed by atoms with Gasteiger partial charge in [-0.25, -0.2) is 0 Å². The Labute approximate surface area is 97.6 Å². The van der Waals surface area contributed by atoms with Gasteiger partial charge in [0.2, 0.25) is 0 Å². The zero-order valence-corrected chi connectivity index (χ0v) is 10.3. The van der Waals surface area contributed by atoms with Crippen molar-refractivity contribution in [1.29, 1.82) is 0 Å². The second-order valence-electron chi connectivity index (χ2n) is 4.85. The zero-order valence-electron chi connectivity index (χ0n) is 10.3. The molecule has 2 N–H and O–H groups in total. The Bertz CT molecular complexity index is 340. The molecule has 1 aromatic rings. The molecule has 1 saturated carbocycles. The summed E-state index contributed by atoms with van der Waals surface area (Å²) in [6, 6.07) is 2.86. The van der Waals surface area contributed by atoms with Crippen molar-refractivity contribution < 1.29 is 4.42 Å². The Morgan fingerprint density at radius 3 is 2.69 bits per heavy atom. The van der Waals surface area contributed by atoms with Gasteiger partial charge in [0.1, 0.15) is 11.5 Å². The lowest BCUT2D eigenvalue weighted by Gasteiger charge is -2.23. The first-order valence-corrected chi connectivity index (χ1v) is 6.19. The van der Waals surface area contributed by atoms with Crippen molar-refractivity contribution >= 4 is 0 Å². The first-order chi connectivity index (χ1) is 7.70. The average molecular weight is 222 g/mol. The van der Waals surface area contributed by atoms with Crippen LogP contribution in [0.3, 0.4) is 0 Å². The minimum absolute atomic E-state index is 0.494. The average Bonchev–Trinajstić information content (AvgIpc) is 2.88. The molecular weight excluding hydrogens is 200 g/mol. The van der Waals surface area contributed by atoms with Crippen LogP contribution in [0.15, 0.2) is 10.5 Å². The van der Waals surface area contributed by atoms with Gasteiger partial charge in [-0.3, -0.25) is 4.90 Å². The van der Waals surface area contributed by atoms with Gasteiger partial charge in [0, 0.05) is 18.2 Å². The van der Waals surface area contributed by atoms with Crippen LogP contribution in [-0.4, -0.2) is 18.0 Å². The molecule has 1 aromatic heterocycles. The molecule has 1 heterocycles. The number of furan rings is 1. The van der Waals surface area contributed by atoms with E-state index in [-0.39, 0.29) is 0 Å². The second kappa shape index (κ2) is 5.02. The third-order valence-electron chi connectivity index (χ3n) is 3.64. The molecular formula is C13H22N2O. The lowest BCUT2D eigenvalue weighted by atomic mass is 10.2. The van der Waals surface area contributed by atoms with Gasteiger partial charge in [0.25, 0.3) is 0 Å². The highest BCUT2D eigenvalue weighted by Crippen LogP contribution is 2.25. The van der Waals surface area contributed by atoms with Gasteiger partial charge < -0.3 is 10.2 Å². The molecule has 0 bridgehead atoms. The molecule has 0 spiro atoms. The highest BCUT2D eigenvalue weighted by Gasteiger charge is 2.20. The predicted octanol–water partition coefficient (Wildman–Crippen LogP) is 2.42. The van der Waals surface area contributed by atoms with Crippen molar-refractivity contribution in [2.45, 2.75) is 51.7 Å². The first kappa shape index (κ1) is 11.7. The maximum Gasteiger partial charge on any atom is 0.118 e. The molecule has 0 unspecified atom stereocenters. The van der Waals surface area contributed by atoms with Crippen LogP contribution in [-0.2, 0) is 13.1 Å². The van der Waals surface area contributed by atoms with E-state index in [0.717, 1.165) is 24.1 Å². The second-order valence-corrected chi connectivity index (χ2v) is 4.85. The van der Waals surface area contributed by atoms with Gasteiger partial charge in [-0.05, 0) is 32.9 Å². The van der Waals surface area contributed by atoms with Gasteiger partial charge in [0.05, 0.1) is 6.54 Å². The minimum atomic E-state index is 0.494. The fourth-order valence-corrected chi connectivity index (χ4v) is 2.59. The number of aryl methyl sites for hydroxylation is 1. The topological polar surface area (TPSA) is 42.4 Å². The Kier molecular flexibility index (Phi) is 3.66. The van der Waals surface area contributed by atoms with Crippen LogP contribution in [0.4, 0.5) is 0 Å². The molecule has 1 aliphatic carbocycles. The molecule has 3 heteroatoms. The van der Waals surface area contributed by atoms with Gasteiger partial charge in [-0.2, -0.15) is 0 Å². The van der Waals surface area contributed by atoms with E-state index in [1.165, 1.54) is 31.2 Å². The van der Waals surface area contributed by atoms with Gasteiger partial charge in [-0.1, -0.05) is 12.8 Å². The van der Waals surface area contributed by atoms with Crippen LogP contribution in [0.1, 0.15) is 42.8 Å². The van der Waals surface area contributed by atoms with Gasteiger partial charge >= 0.3 is 0 Å². The summed E-state index contributed by atoms with van der Waals surface area (Å²) in [7, 11) is 2.21. The third-order valence-corrected chi connectivity index (χ3v) is 3.64. The fraction of sp³-hybridized carbons (Fsp3) is 0.692.